The SMILES string of the molecule is CCOC(=O)C1=C(c2ccccc2)N=c2s/c(=C\c3cc(I)cc(I)c3OCc3ccc(Br)cc3)c(=O)n2[C@@H]1c1ccc(Cl)cc1. The van der Waals surface area contributed by atoms with Gasteiger partial charge in [-0.05, 0) is 106 Å². The van der Waals surface area contributed by atoms with Crippen molar-refractivity contribution >= 4 is 102 Å². The number of halogens is 4. The molecule has 5 aromatic rings. The highest BCUT2D eigenvalue weighted by molar-refractivity contribution is 14.1. The highest BCUT2D eigenvalue weighted by Crippen LogP contribution is 2.36. The van der Waals surface area contributed by atoms with Crippen molar-refractivity contribution in [2.75, 3.05) is 6.61 Å². The first-order chi connectivity index (χ1) is 22.2. The number of nitrogens with zero attached hydrogens (tertiary/aromatic N) is 2. The van der Waals surface area contributed by atoms with E-state index in [1.165, 1.54) is 11.3 Å². The van der Waals surface area contributed by atoms with Crippen LogP contribution in [0.5, 0.6) is 5.75 Å². The number of benzene rings is 4. The van der Waals surface area contributed by atoms with Gasteiger partial charge in [0.25, 0.3) is 5.56 Å². The summed E-state index contributed by atoms with van der Waals surface area (Å²) >= 11 is 15.5. The van der Waals surface area contributed by atoms with Crippen LogP contribution in [0.25, 0.3) is 11.8 Å². The van der Waals surface area contributed by atoms with Gasteiger partial charge < -0.3 is 9.47 Å². The number of rotatable bonds is 8. The van der Waals surface area contributed by atoms with E-state index in [9.17, 15) is 9.59 Å². The fourth-order valence-electron chi connectivity index (χ4n) is 5.12. The van der Waals surface area contributed by atoms with Gasteiger partial charge in [0.15, 0.2) is 4.80 Å². The molecule has 2 heterocycles. The van der Waals surface area contributed by atoms with Crippen molar-refractivity contribution in [3.05, 3.63) is 155 Å². The molecular formula is C35H24BrClI2N2O4S. The molecule has 0 radical (unpaired) electrons. The molecule has 0 fully saturated rings. The minimum Gasteiger partial charge on any atom is -0.487 e. The van der Waals surface area contributed by atoms with Crippen molar-refractivity contribution in [3.63, 3.8) is 0 Å². The van der Waals surface area contributed by atoms with Gasteiger partial charge in [0.2, 0.25) is 0 Å². The summed E-state index contributed by atoms with van der Waals surface area (Å²) in [5.74, 6) is 0.149. The maximum absolute atomic E-state index is 14.4. The number of aromatic nitrogens is 1. The zero-order valence-corrected chi connectivity index (χ0v) is 31.7. The Morgan fingerprint density at radius 1 is 1.04 bits per heavy atom. The molecule has 6 nitrogen and oxygen atoms in total. The van der Waals surface area contributed by atoms with Crippen LogP contribution in [0.15, 0.2) is 111 Å². The molecular weight excluding hydrogens is 914 g/mol. The van der Waals surface area contributed by atoms with Crippen molar-refractivity contribution in [2.45, 2.75) is 19.6 Å². The monoisotopic (exact) mass is 936 g/mol. The van der Waals surface area contributed by atoms with Gasteiger partial charge >= 0.3 is 5.97 Å². The van der Waals surface area contributed by atoms with Crippen LogP contribution in [0.4, 0.5) is 0 Å². The number of ether oxygens (including phenoxy) is 2. The fraction of sp³-hybridized carbons (Fsp3) is 0.114. The summed E-state index contributed by atoms with van der Waals surface area (Å²) < 4.78 is 16.9. The van der Waals surface area contributed by atoms with Gasteiger partial charge in [0, 0.05) is 24.2 Å². The Morgan fingerprint density at radius 2 is 1.76 bits per heavy atom. The number of carbonyl (C=O) groups is 1. The second-order valence-electron chi connectivity index (χ2n) is 10.2. The lowest BCUT2D eigenvalue weighted by molar-refractivity contribution is -0.138. The fourth-order valence-corrected chi connectivity index (χ4v) is 8.55. The first kappa shape index (κ1) is 33.1. The molecule has 11 heteroatoms. The van der Waals surface area contributed by atoms with Crippen LogP contribution in [0.3, 0.4) is 0 Å². The Bertz CT molecular complexity index is 2150. The molecule has 6 rings (SSSR count). The zero-order valence-electron chi connectivity index (χ0n) is 24.2. The molecule has 0 aliphatic carbocycles. The van der Waals surface area contributed by atoms with Crippen LogP contribution in [-0.4, -0.2) is 17.1 Å². The van der Waals surface area contributed by atoms with Gasteiger partial charge in [-0.3, -0.25) is 9.36 Å². The van der Waals surface area contributed by atoms with E-state index < -0.39 is 12.0 Å². The van der Waals surface area contributed by atoms with Crippen LogP contribution in [0.2, 0.25) is 5.02 Å². The number of fused-ring (bicyclic) bond motifs is 1. The summed E-state index contributed by atoms with van der Waals surface area (Å²) in [4.78, 5) is 33.4. The van der Waals surface area contributed by atoms with Crippen LogP contribution in [-0.2, 0) is 16.1 Å². The van der Waals surface area contributed by atoms with Gasteiger partial charge in [-0.25, -0.2) is 9.79 Å². The summed E-state index contributed by atoms with van der Waals surface area (Å²) in [6, 6.07) is 27.8. The highest BCUT2D eigenvalue weighted by Gasteiger charge is 2.35. The van der Waals surface area contributed by atoms with Crippen LogP contribution < -0.4 is 19.6 Å². The van der Waals surface area contributed by atoms with E-state index in [0.717, 1.165) is 28.3 Å². The molecule has 0 bridgehead atoms. The molecule has 0 saturated carbocycles. The van der Waals surface area contributed by atoms with Crippen molar-refractivity contribution in [1.82, 2.24) is 4.57 Å². The zero-order chi connectivity index (χ0) is 32.4. The van der Waals surface area contributed by atoms with E-state index >= 15 is 0 Å². The average molecular weight is 938 g/mol. The second-order valence-corrected chi connectivity index (χ2v) is 15.0. The van der Waals surface area contributed by atoms with E-state index in [0.29, 0.717) is 38.0 Å². The Morgan fingerprint density at radius 3 is 2.46 bits per heavy atom. The van der Waals surface area contributed by atoms with Crippen molar-refractivity contribution < 1.29 is 14.3 Å². The van der Waals surface area contributed by atoms with Gasteiger partial charge in [-0.15, -0.1) is 0 Å². The summed E-state index contributed by atoms with van der Waals surface area (Å²) in [6.45, 7) is 2.30. The van der Waals surface area contributed by atoms with Gasteiger partial charge in [0.1, 0.15) is 12.4 Å². The third kappa shape index (κ3) is 7.05. The molecule has 1 aliphatic heterocycles. The molecule has 0 spiro atoms. The lowest BCUT2D eigenvalue weighted by Gasteiger charge is -2.26. The van der Waals surface area contributed by atoms with Gasteiger partial charge in [0.05, 0.1) is 32.0 Å². The molecule has 46 heavy (non-hydrogen) atoms. The third-order valence-electron chi connectivity index (χ3n) is 7.18. The largest absolute Gasteiger partial charge is 0.487 e. The number of hydrogen-bond donors (Lipinski definition) is 0. The van der Waals surface area contributed by atoms with Gasteiger partial charge in [-0.1, -0.05) is 93.5 Å². The molecule has 4 aromatic carbocycles. The Hall–Kier alpha value is -2.78. The number of carbonyl (C=O) groups excluding carboxylic acids is 1. The maximum Gasteiger partial charge on any atom is 0.338 e. The number of esters is 1. The third-order valence-corrected chi connectivity index (χ3v) is 10.4. The lowest BCUT2D eigenvalue weighted by Crippen LogP contribution is -2.40. The first-order valence-corrected chi connectivity index (χ1v) is 18.3. The van der Waals surface area contributed by atoms with E-state index in [1.54, 1.807) is 23.6 Å². The van der Waals surface area contributed by atoms with Crippen molar-refractivity contribution in [1.29, 1.82) is 0 Å². The molecule has 0 amide bonds. The van der Waals surface area contributed by atoms with Crippen molar-refractivity contribution in [2.24, 2.45) is 4.99 Å². The van der Waals surface area contributed by atoms with E-state index in [1.807, 2.05) is 84.9 Å². The minimum atomic E-state index is -0.783. The Kier molecular flexibility index (Phi) is 10.5. The normalized spacial score (nSPS) is 14.5. The van der Waals surface area contributed by atoms with E-state index in [-0.39, 0.29) is 17.7 Å². The standard InChI is InChI=1S/C35H24BrClI2N2O4S/c1-2-44-34(43)29-30(21-6-4-3-5-7-21)40-35-41(31(29)22-10-14-25(37)15-11-22)33(42)28(46-35)17-23-16-26(38)18-27(39)32(23)45-19-20-8-12-24(36)13-9-20/h3-18,31H,2,19H2,1H3/b28-17-/t31-/m1/s1. The summed E-state index contributed by atoms with van der Waals surface area (Å²) in [7, 11) is 0. The van der Waals surface area contributed by atoms with Crippen LogP contribution in [0.1, 0.15) is 35.2 Å². The van der Waals surface area contributed by atoms with Gasteiger partial charge in [-0.2, -0.15) is 0 Å². The smallest absolute Gasteiger partial charge is 0.338 e. The van der Waals surface area contributed by atoms with Crippen LogP contribution in [0, 0.1) is 7.14 Å². The maximum atomic E-state index is 14.4. The number of hydrogen-bond acceptors (Lipinski definition) is 6. The van der Waals surface area contributed by atoms with E-state index in [2.05, 4.69) is 61.1 Å². The Labute approximate surface area is 309 Å². The highest BCUT2D eigenvalue weighted by atomic mass is 127. The van der Waals surface area contributed by atoms with Crippen LogP contribution >= 0.6 is 84.0 Å². The summed E-state index contributed by atoms with van der Waals surface area (Å²) in [6.07, 6.45) is 1.85. The predicted octanol–water partition coefficient (Wildman–Crippen LogP) is 8.14. The molecule has 0 unspecified atom stereocenters. The molecule has 0 saturated heterocycles. The number of thiazole rings is 1. The quantitative estimate of drug-likeness (QED) is 0.117. The van der Waals surface area contributed by atoms with E-state index in [4.69, 9.17) is 26.1 Å². The summed E-state index contributed by atoms with van der Waals surface area (Å²) in [5.41, 5.74) is 3.74. The topological polar surface area (TPSA) is 69.9 Å². The first-order valence-electron chi connectivity index (χ1n) is 14.1. The molecule has 1 aromatic heterocycles. The second kappa shape index (κ2) is 14.5. The summed E-state index contributed by atoms with van der Waals surface area (Å²) in [5, 5.41) is 0.546. The lowest BCUT2D eigenvalue weighted by atomic mass is 9.93. The molecule has 0 N–H and O–H groups in total. The molecule has 232 valence electrons. The molecule has 1 aliphatic rings. The average Bonchev–Trinajstić information content (AvgIpc) is 3.35. The predicted molar refractivity (Wildman–Crippen MR) is 203 cm³/mol. The Balaban J connectivity index is 1.55. The minimum absolute atomic E-state index is 0.177. The van der Waals surface area contributed by atoms with Crippen molar-refractivity contribution in [3.8, 4) is 5.75 Å². The molecule has 1 atom stereocenters.